The largest absolute Gasteiger partial charge is 0.481 e. The van der Waals surface area contributed by atoms with E-state index in [0.717, 1.165) is 12.8 Å². The summed E-state index contributed by atoms with van der Waals surface area (Å²) in [6.07, 6.45) is 17.5. The fraction of sp³-hybridized carbons (Fsp3) is 0.895. The van der Waals surface area contributed by atoms with E-state index >= 15 is 0 Å². The first kappa shape index (κ1) is 21.9. The van der Waals surface area contributed by atoms with E-state index in [9.17, 15) is 9.59 Å². The molecule has 0 aliphatic heterocycles. The zero-order valence-electron chi connectivity index (χ0n) is 15.0. The molecule has 4 nitrogen and oxygen atoms in total. The molecule has 0 aromatic heterocycles. The third kappa shape index (κ3) is 18.9. The van der Waals surface area contributed by atoms with Gasteiger partial charge in [0.1, 0.15) is 6.42 Å². The van der Waals surface area contributed by atoms with Crippen molar-refractivity contribution in [2.45, 2.75) is 103 Å². The van der Waals surface area contributed by atoms with Crippen molar-refractivity contribution in [2.75, 3.05) is 6.61 Å². The molecular weight excluding hydrogens is 292 g/mol. The first-order chi connectivity index (χ1) is 11.2. The van der Waals surface area contributed by atoms with Gasteiger partial charge in [0.2, 0.25) is 0 Å². The van der Waals surface area contributed by atoms with Gasteiger partial charge in [-0.05, 0) is 6.42 Å². The Morgan fingerprint density at radius 2 is 1.09 bits per heavy atom. The molecule has 0 unspecified atom stereocenters. The summed E-state index contributed by atoms with van der Waals surface area (Å²) in [4.78, 5) is 21.3. The standard InChI is InChI=1S/C19H36O4/c1-2-3-4-5-6-7-8-9-10-11-12-13-14-15-16-23-19(22)17-18(20)21/h2-17H2,1H3,(H,20,21). The summed E-state index contributed by atoms with van der Waals surface area (Å²) in [5.41, 5.74) is 0. The average molecular weight is 328 g/mol. The Morgan fingerprint density at radius 1 is 0.696 bits per heavy atom. The quantitative estimate of drug-likeness (QED) is 0.218. The Morgan fingerprint density at radius 3 is 1.48 bits per heavy atom. The molecule has 0 aromatic rings. The molecule has 23 heavy (non-hydrogen) atoms. The van der Waals surface area contributed by atoms with Crippen molar-refractivity contribution in [3.63, 3.8) is 0 Å². The Labute approximate surface area is 142 Å². The first-order valence-electron chi connectivity index (χ1n) is 9.54. The van der Waals surface area contributed by atoms with Crippen molar-refractivity contribution < 1.29 is 19.4 Å². The highest BCUT2D eigenvalue weighted by atomic mass is 16.5. The van der Waals surface area contributed by atoms with E-state index in [1.54, 1.807) is 0 Å². The van der Waals surface area contributed by atoms with Crippen molar-refractivity contribution in [1.29, 1.82) is 0 Å². The van der Waals surface area contributed by atoms with Gasteiger partial charge in [-0.25, -0.2) is 0 Å². The Hall–Kier alpha value is -1.06. The van der Waals surface area contributed by atoms with Gasteiger partial charge in [-0.15, -0.1) is 0 Å². The summed E-state index contributed by atoms with van der Waals surface area (Å²) in [6, 6.07) is 0. The van der Waals surface area contributed by atoms with Gasteiger partial charge in [0.25, 0.3) is 0 Å². The number of unbranched alkanes of at least 4 members (excludes halogenated alkanes) is 13. The van der Waals surface area contributed by atoms with Gasteiger partial charge in [0, 0.05) is 0 Å². The topological polar surface area (TPSA) is 63.6 Å². The van der Waals surface area contributed by atoms with Gasteiger partial charge in [-0.2, -0.15) is 0 Å². The minimum atomic E-state index is -1.13. The van der Waals surface area contributed by atoms with Crippen LogP contribution in [0.3, 0.4) is 0 Å². The van der Waals surface area contributed by atoms with Crippen LogP contribution in [0.25, 0.3) is 0 Å². The molecule has 0 radical (unpaired) electrons. The van der Waals surface area contributed by atoms with E-state index in [4.69, 9.17) is 9.84 Å². The highest BCUT2D eigenvalue weighted by Gasteiger charge is 2.07. The second-order valence-corrected chi connectivity index (χ2v) is 6.39. The summed E-state index contributed by atoms with van der Waals surface area (Å²) in [5, 5.41) is 8.41. The van der Waals surface area contributed by atoms with Crippen LogP contribution in [0.2, 0.25) is 0 Å². The molecule has 4 heteroatoms. The molecule has 0 aliphatic carbocycles. The molecule has 0 aliphatic rings. The van der Waals surface area contributed by atoms with Gasteiger partial charge in [-0.1, -0.05) is 90.4 Å². The summed E-state index contributed by atoms with van der Waals surface area (Å²) in [7, 11) is 0. The lowest BCUT2D eigenvalue weighted by Gasteiger charge is -2.04. The van der Waals surface area contributed by atoms with Gasteiger partial charge >= 0.3 is 11.9 Å². The van der Waals surface area contributed by atoms with Crippen LogP contribution < -0.4 is 0 Å². The maximum atomic E-state index is 11.0. The van der Waals surface area contributed by atoms with E-state index in [-0.39, 0.29) is 0 Å². The molecule has 0 saturated heterocycles. The molecule has 136 valence electrons. The molecule has 0 rings (SSSR count). The van der Waals surface area contributed by atoms with E-state index < -0.39 is 18.4 Å². The predicted molar refractivity (Wildman–Crippen MR) is 93.5 cm³/mol. The van der Waals surface area contributed by atoms with E-state index in [1.165, 1.54) is 77.0 Å². The summed E-state index contributed by atoms with van der Waals surface area (Å²) in [6.45, 7) is 2.61. The molecule has 0 heterocycles. The van der Waals surface area contributed by atoms with Crippen LogP contribution in [0.5, 0.6) is 0 Å². The van der Waals surface area contributed by atoms with E-state index in [1.807, 2.05) is 0 Å². The normalized spacial score (nSPS) is 10.7. The summed E-state index contributed by atoms with van der Waals surface area (Å²) < 4.78 is 4.84. The van der Waals surface area contributed by atoms with Crippen LogP contribution >= 0.6 is 0 Å². The lowest BCUT2D eigenvalue weighted by Crippen LogP contribution is -2.11. The van der Waals surface area contributed by atoms with Crippen LogP contribution in [0.1, 0.15) is 103 Å². The van der Waals surface area contributed by atoms with Crippen molar-refractivity contribution >= 4 is 11.9 Å². The summed E-state index contributed by atoms with van der Waals surface area (Å²) >= 11 is 0. The molecule has 0 amide bonds. The van der Waals surface area contributed by atoms with Gasteiger partial charge in [-0.3, -0.25) is 9.59 Å². The molecule has 0 spiro atoms. The zero-order chi connectivity index (χ0) is 17.2. The van der Waals surface area contributed by atoms with Crippen LogP contribution in [-0.2, 0) is 14.3 Å². The van der Waals surface area contributed by atoms with E-state index in [0.29, 0.717) is 6.61 Å². The Bertz CT molecular complexity index is 289. The molecule has 0 atom stereocenters. The number of ether oxygens (including phenoxy) is 1. The second kappa shape index (κ2) is 17.3. The third-order valence-electron chi connectivity index (χ3n) is 4.06. The minimum absolute atomic E-state index is 0.351. The molecule has 0 bridgehead atoms. The van der Waals surface area contributed by atoms with Crippen LogP contribution in [0, 0.1) is 0 Å². The fourth-order valence-corrected chi connectivity index (χ4v) is 2.66. The van der Waals surface area contributed by atoms with Gasteiger partial charge in [0.05, 0.1) is 6.61 Å². The highest BCUT2D eigenvalue weighted by Crippen LogP contribution is 2.12. The van der Waals surface area contributed by atoms with Crippen LogP contribution in [0.4, 0.5) is 0 Å². The summed E-state index contributed by atoms with van der Waals surface area (Å²) in [5.74, 6) is -1.76. The number of carbonyl (C=O) groups is 2. The van der Waals surface area contributed by atoms with Crippen molar-refractivity contribution in [2.24, 2.45) is 0 Å². The smallest absolute Gasteiger partial charge is 0.317 e. The van der Waals surface area contributed by atoms with Gasteiger partial charge in [0.15, 0.2) is 0 Å². The first-order valence-corrected chi connectivity index (χ1v) is 9.54. The molecule has 0 saturated carbocycles. The number of carboxylic acids is 1. The van der Waals surface area contributed by atoms with Gasteiger partial charge < -0.3 is 9.84 Å². The minimum Gasteiger partial charge on any atom is -0.481 e. The average Bonchev–Trinajstić information content (AvgIpc) is 2.50. The number of esters is 1. The zero-order valence-corrected chi connectivity index (χ0v) is 15.0. The molecule has 0 fully saturated rings. The highest BCUT2D eigenvalue weighted by molar-refractivity contribution is 5.90. The monoisotopic (exact) mass is 328 g/mol. The second-order valence-electron chi connectivity index (χ2n) is 6.39. The van der Waals surface area contributed by atoms with Crippen molar-refractivity contribution in [3.05, 3.63) is 0 Å². The molecular formula is C19H36O4. The fourth-order valence-electron chi connectivity index (χ4n) is 2.66. The van der Waals surface area contributed by atoms with Crippen LogP contribution in [-0.4, -0.2) is 23.7 Å². The third-order valence-corrected chi connectivity index (χ3v) is 4.06. The number of aliphatic carboxylic acids is 1. The predicted octanol–water partition coefficient (Wildman–Crippen LogP) is 5.49. The Kier molecular flexibility index (Phi) is 16.5. The number of hydrogen-bond acceptors (Lipinski definition) is 3. The van der Waals surface area contributed by atoms with Crippen LogP contribution in [0.15, 0.2) is 0 Å². The number of carbonyl (C=O) groups excluding carboxylic acids is 1. The lowest BCUT2D eigenvalue weighted by atomic mass is 10.0. The lowest BCUT2D eigenvalue weighted by molar-refractivity contribution is -0.151. The molecule has 1 N–H and O–H groups in total. The van der Waals surface area contributed by atoms with Crippen molar-refractivity contribution in [3.8, 4) is 0 Å². The number of hydrogen-bond donors (Lipinski definition) is 1. The number of rotatable bonds is 17. The Balaban J connectivity index is 3.08. The SMILES string of the molecule is CCCCCCCCCCCCCCCCOC(=O)CC(=O)O. The maximum absolute atomic E-state index is 11.0. The molecule has 0 aromatic carbocycles. The maximum Gasteiger partial charge on any atom is 0.317 e. The number of carboxylic acid groups (broad SMARTS) is 1. The van der Waals surface area contributed by atoms with E-state index in [2.05, 4.69) is 6.92 Å². The van der Waals surface area contributed by atoms with Crippen molar-refractivity contribution in [1.82, 2.24) is 0 Å².